The lowest BCUT2D eigenvalue weighted by molar-refractivity contribution is -0.320. The van der Waals surface area contributed by atoms with Crippen LogP contribution in [0.25, 0.3) is 17.0 Å². The smallest absolute Gasteiger partial charge is 0.341 e. The number of cyclic esters (lactones) is 1. The van der Waals surface area contributed by atoms with Gasteiger partial charge in [0.1, 0.15) is 35.6 Å². The van der Waals surface area contributed by atoms with Crippen molar-refractivity contribution in [3.8, 4) is 0 Å². The van der Waals surface area contributed by atoms with E-state index in [1.165, 1.54) is 13.1 Å². The molecule has 5 rings (SSSR count). The molecule has 0 aliphatic carbocycles. The Bertz CT molecular complexity index is 2330. The number of aromatic nitrogens is 1. The molecule has 0 saturated carbocycles. The van der Waals surface area contributed by atoms with Gasteiger partial charge in [0.15, 0.2) is 12.6 Å². The first-order valence-corrected chi connectivity index (χ1v) is 27.9. The molecule has 1 aromatic carbocycles. The van der Waals surface area contributed by atoms with Gasteiger partial charge in [-0.3, -0.25) is 9.59 Å². The monoisotopic (exact) mass is 1110 g/mol. The first-order valence-electron chi connectivity index (χ1n) is 27.9. The van der Waals surface area contributed by atoms with Gasteiger partial charge in [0.2, 0.25) is 5.43 Å². The number of aromatic carboxylic acids is 1. The minimum absolute atomic E-state index is 0.176. The third-order valence-corrected chi connectivity index (χ3v) is 16.5. The number of likely N-dealkylation sites (N-methyl/N-ethyl adjacent to an activating group) is 2. The highest BCUT2D eigenvalue weighted by Crippen LogP contribution is 2.41. The van der Waals surface area contributed by atoms with Crippen molar-refractivity contribution in [2.24, 2.45) is 17.8 Å². The fourth-order valence-corrected chi connectivity index (χ4v) is 11.9. The van der Waals surface area contributed by atoms with E-state index in [1.54, 1.807) is 58.6 Å². The molecule has 20 heteroatoms. The van der Waals surface area contributed by atoms with Crippen molar-refractivity contribution in [1.82, 2.24) is 14.4 Å². The zero-order valence-electron chi connectivity index (χ0n) is 49.1. The summed E-state index contributed by atoms with van der Waals surface area (Å²) in [6.45, 7) is 20.3. The molecule has 20 nitrogen and oxygen atoms in total. The van der Waals surface area contributed by atoms with Crippen LogP contribution in [0.5, 0.6) is 0 Å². The number of hydrogen-bond donors (Lipinski definition) is 5. The molecule has 0 bridgehead atoms. The highest BCUT2D eigenvalue weighted by atomic mass is 16.7. The van der Waals surface area contributed by atoms with Crippen molar-refractivity contribution < 1.29 is 77.8 Å². The average Bonchev–Trinajstić information content (AvgIpc) is 3.38. The minimum Gasteiger partial charge on any atom is -0.477 e. The maximum atomic E-state index is 14.6. The van der Waals surface area contributed by atoms with Gasteiger partial charge in [-0.2, -0.15) is 0 Å². The molecule has 0 radical (unpaired) electrons. The van der Waals surface area contributed by atoms with Gasteiger partial charge in [-0.25, -0.2) is 4.79 Å². The number of ether oxygens (including phenoxy) is 9. The number of hydrogen-bond acceptors (Lipinski definition) is 18. The number of carbonyl (C=O) groups excluding carboxylic acids is 1. The lowest BCUT2D eigenvalue weighted by atomic mass is 9.77. The van der Waals surface area contributed by atoms with Gasteiger partial charge in [0, 0.05) is 76.5 Å². The number of methoxy groups -OCH3 is 2. The fourth-order valence-electron chi connectivity index (χ4n) is 11.9. The van der Waals surface area contributed by atoms with Gasteiger partial charge in [-0.15, -0.1) is 0 Å². The molecule has 0 unspecified atom stereocenters. The topological polar surface area (TPSA) is 247 Å². The maximum absolute atomic E-state index is 14.6. The third-order valence-electron chi connectivity index (χ3n) is 16.5. The summed E-state index contributed by atoms with van der Waals surface area (Å²) in [5, 5.41) is 58.1. The van der Waals surface area contributed by atoms with Crippen LogP contribution >= 0.6 is 0 Å². The second kappa shape index (κ2) is 28.5. The van der Waals surface area contributed by atoms with Crippen molar-refractivity contribution >= 4 is 28.9 Å². The number of esters is 1. The number of benzene rings is 1. The number of nitrogens with zero attached hydrogens (tertiary/aromatic N) is 3. The van der Waals surface area contributed by atoms with Crippen LogP contribution < -0.4 is 5.43 Å². The molecule has 3 aliphatic rings. The zero-order valence-corrected chi connectivity index (χ0v) is 49.1. The summed E-state index contributed by atoms with van der Waals surface area (Å²) in [6.07, 6.45) is -1.54. The van der Waals surface area contributed by atoms with Crippen molar-refractivity contribution in [3.63, 3.8) is 0 Å². The lowest BCUT2D eigenvalue weighted by Crippen LogP contribution is -2.61. The summed E-state index contributed by atoms with van der Waals surface area (Å²) in [6, 6.07) is 4.47. The number of unbranched alkanes of at least 4 members (excludes halogenated alkanes) is 1. The van der Waals surface area contributed by atoms with Crippen LogP contribution in [0, 0.1) is 17.8 Å². The van der Waals surface area contributed by atoms with Gasteiger partial charge < -0.3 is 82.5 Å². The number of carboxylic acid groups (broad SMARTS) is 1. The second-order valence-corrected chi connectivity index (χ2v) is 23.3. The summed E-state index contributed by atoms with van der Waals surface area (Å²) in [5.74, 6) is -3.99. The molecule has 18 atom stereocenters. The number of carbonyl (C=O) groups is 2. The Morgan fingerprint density at radius 3 is 2.27 bits per heavy atom. The first-order chi connectivity index (χ1) is 36.6. The molecule has 3 fully saturated rings. The van der Waals surface area contributed by atoms with E-state index in [9.17, 15) is 39.9 Å². The van der Waals surface area contributed by atoms with Crippen LogP contribution in [0.3, 0.4) is 0 Å². The molecule has 1 aromatic heterocycles. The number of aliphatic hydroxyl groups is 4. The van der Waals surface area contributed by atoms with E-state index in [2.05, 4.69) is 0 Å². The Morgan fingerprint density at radius 1 is 0.936 bits per heavy atom. The van der Waals surface area contributed by atoms with Gasteiger partial charge in [-0.05, 0) is 125 Å². The van der Waals surface area contributed by atoms with Gasteiger partial charge in [0.25, 0.3) is 0 Å². The molecule has 2 aromatic rings. The Balaban J connectivity index is 1.30. The molecule has 3 aliphatic heterocycles. The van der Waals surface area contributed by atoms with E-state index in [0.717, 1.165) is 5.56 Å². The second-order valence-electron chi connectivity index (χ2n) is 23.3. The number of rotatable bonds is 20. The van der Waals surface area contributed by atoms with E-state index in [4.69, 9.17) is 42.6 Å². The minimum atomic E-state index is -1.84. The molecule has 444 valence electrons. The van der Waals surface area contributed by atoms with E-state index >= 15 is 0 Å². The molecular weight excluding hydrogens is 1010 g/mol. The largest absolute Gasteiger partial charge is 0.477 e. The fraction of sp³-hybridized carbons (Fsp3) is 0.776. The molecule has 5 N–H and O–H groups in total. The lowest BCUT2D eigenvalue weighted by Gasteiger charge is -2.49. The van der Waals surface area contributed by atoms with Crippen LogP contribution in [0.15, 0.2) is 35.3 Å². The highest BCUT2D eigenvalue weighted by molar-refractivity contribution is 5.93. The summed E-state index contributed by atoms with van der Waals surface area (Å²) in [5.41, 5.74) is -3.87. The number of carboxylic acids is 1. The predicted molar refractivity (Wildman–Crippen MR) is 294 cm³/mol. The number of pyridine rings is 1. The average molecular weight is 1110 g/mol. The standard InChI is InChI=1S/C58H95N3O17/c1-16-45-58(10,69)50(64)38(6)60(13)32-34(2)30-56(8,68)51(78-55-48(63)44(59(11)12)28-35(3)74-55)36(4)49(37(5)54(67)76-45)77-46-31-57(9,71-15)52(39(7)75-46)73-26-18-17-24-72-25-19-20-40-21-22-43-41(29-40)47(62)42(53(65)66)33-61(43)23-27-70-14/h19-22,29,33-39,44-46,48-52,55,63-64,68-69H,16-18,23-28,30-32H2,1-15H3,(H,65,66)/b20-19+/t34-,35-,36+,37-,38-,39+,44+,45-,46+,48-,49+,50-,51-,52+,55+,56-,57-,58-/m1/s1. The molecule has 4 heterocycles. The van der Waals surface area contributed by atoms with Crippen molar-refractivity contribution in [1.29, 1.82) is 0 Å². The van der Waals surface area contributed by atoms with E-state index in [0.29, 0.717) is 69.7 Å². The van der Waals surface area contributed by atoms with Crippen LogP contribution in [-0.4, -0.2) is 210 Å². The highest BCUT2D eigenvalue weighted by Gasteiger charge is 2.53. The SMILES string of the molecule is CC[C@H]1OC(=O)[C@H](C)[C@@H](O[C@H]2C[C@@](C)(OC)[C@@H](OCCCCOC/C=C/c3ccc4c(c3)c(=O)c(C(=O)O)cn4CCOC)[C@H](C)O2)[C@H](C)[C@@H](O[C@@H]2O[C@H](C)C[C@H](N(C)C)[C@H]2O)[C@](C)(O)C[C@@H](C)CN(C)[C@H](C)[C@@H](O)[C@]1(C)O. The quantitative estimate of drug-likeness (QED) is 0.0856. The summed E-state index contributed by atoms with van der Waals surface area (Å²) in [4.78, 5) is 43.3. The van der Waals surface area contributed by atoms with Crippen LogP contribution in [-0.2, 0) is 54.0 Å². The Hall–Kier alpha value is -3.45. The van der Waals surface area contributed by atoms with Gasteiger partial charge in [0.05, 0.1) is 60.3 Å². The number of fused-ring (bicyclic) bond motifs is 1. The molecule has 78 heavy (non-hydrogen) atoms. The van der Waals surface area contributed by atoms with Crippen LogP contribution in [0.4, 0.5) is 0 Å². The van der Waals surface area contributed by atoms with Crippen molar-refractivity contribution in [3.05, 3.63) is 51.8 Å². The number of aliphatic hydroxyl groups excluding tert-OH is 2. The van der Waals surface area contributed by atoms with Crippen molar-refractivity contribution in [2.75, 3.05) is 68.3 Å². The van der Waals surface area contributed by atoms with Crippen LogP contribution in [0.1, 0.15) is 124 Å². The normalized spacial score (nSPS) is 37.1. The molecular formula is C58H95N3O17. The Labute approximate surface area is 462 Å². The zero-order chi connectivity index (χ0) is 58.0. The third kappa shape index (κ3) is 16.0. The van der Waals surface area contributed by atoms with Gasteiger partial charge >= 0.3 is 11.9 Å². The first kappa shape index (κ1) is 65.4. The Morgan fingerprint density at radius 2 is 1.63 bits per heavy atom. The summed E-state index contributed by atoms with van der Waals surface area (Å²) < 4.78 is 58.4. The maximum Gasteiger partial charge on any atom is 0.341 e. The summed E-state index contributed by atoms with van der Waals surface area (Å²) in [7, 11) is 8.78. The molecule has 3 saturated heterocycles. The van der Waals surface area contributed by atoms with Crippen LogP contribution in [0.2, 0.25) is 0 Å². The Kier molecular flexibility index (Phi) is 23.9. The molecule has 0 spiro atoms. The predicted octanol–water partition coefficient (Wildman–Crippen LogP) is 5.09. The van der Waals surface area contributed by atoms with E-state index < -0.39 is 107 Å². The molecule has 0 amide bonds. The van der Waals surface area contributed by atoms with Gasteiger partial charge in [-0.1, -0.05) is 39.0 Å². The summed E-state index contributed by atoms with van der Waals surface area (Å²) >= 11 is 0. The van der Waals surface area contributed by atoms with E-state index in [-0.39, 0.29) is 42.9 Å². The van der Waals surface area contributed by atoms with E-state index in [1.807, 2.05) is 83.8 Å². The van der Waals surface area contributed by atoms with Crippen molar-refractivity contribution in [2.45, 2.75) is 205 Å².